The Morgan fingerprint density at radius 1 is 0.894 bits per heavy atom. The smallest absolute Gasteiger partial charge is 0.326 e. The van der Waals surface area contributed by atoms with Crippen LogP contribution in [0.4, 0.5) is 5.69 Å². The van der Waals surface area contributed by atoms with Crippen molar-refractivity contribution in [2.75, 3.05) is 4.90 Å². The van der Waals surface area contributed by atoms with Gasteiger partial charge in [-0.1, -0.05) is 91.7 Å². The number of carbonyl (C=O) groups is 4. The Hall–Kier alpha value is -5.31. The molecule has 47 heavy (non-hydrogen) atoms. The molecule has 9 heteroatoms. The molecule has 4 aromatic rings. The molecule has 6 rings (SSSR count). The van der Waals surface area contributed by atoms with Crippen molar-refractivity contribution >= 4 is 29.4 Å². The van der Waals surface area contributed by atoms with Crippen LogP contribution < -0.4 is 10.2 Å². The van der Waals surface area contributed by atoms with Gasteiger partial charge in [-0.05, 0) is 53.3 Å². The average Bonchev–Trinajstić information content (AvgIpc) is 3.70. The number of benzene rings is 3. The van der Waals surface area contributed by atoms with E-state index in [1.165, 1.54) is 6.92 Å². The van der Waals surface area contributed by atoms with E-state index in [1.54, 1.807) is 52.5 Å². The van der Waals surface area contributed by atoms with Crippen LogP contribution >= 0.6 is 0 Å². The Morgan fingerprint density at radius 3 is 2.15 bits per heavy atom. The summed E-state index contributed by atoms with van der Waals surface area (Å²) in [6.07, 6.45) is 6.26. The molecule has 0 radical (unpaired) electrons. The first kappa shape index (κ1) is 31.7. The summed E-state index contributed by atoms with van der Waals surface area (Å²) in [5, 5.41) is 13.0. The van der Waals surface area contributed by atoms with Crippen molar-refractivity contribution in [3.63, 3.8) is 0 Å². The summed E-state index contributed by atoms with van der Waals surface area (Å²) in [6, 6.07) is 28.0. The summed E-state index contributed by atoms with van der Waals surface area (Å²) >= 11 is 0. The minimum Gasteiger partial charge on any atom is -0.480 e. The van der Waals surface area contributed by atoms with Crippen molar-refractivity contribution in [2.24, 2.45) is 0 Å². The number of carbonyl (C=O) groups excluding carboxylic acids is 3. The highest BCUT2D eigenvalue weighted by Crippen LogP contribution is 2.42. The molecule has 3 aromatic carbocycles. The van der Waals surface area contributed by atoms with Gasteiger partial charge >= 0.3 is 5.97 Å². The van der Waals surface area contributed by atoms with Gasteiger partial charge in [-0.3, -0.25) is 24.3 Å². The minimum atomic E-state index is -1.13. The van der Waals surface area contributed by atoms with Gasteiger partial charge in [-0.25, -0.2) is 4.79 Å². The van der Waals surface area contributed by atoms with Crippen LogP contribution in [0.1, 0.15) is 61.0 Å². The van der Waals surface area contributed by atoms with Gasteiger partial charge in [0.25, 0.3) is 5.91 Å². The Kier molecular flexibility index (Phi) is 9.15. The van der Waals surface area contributed by atoms with E-state index < -0.39 is 29.6 Å². The number of nitrogens with one attached hydrogen (secondary N) is 1. The number of aromatic nitrogens is 1. The van der Waals surface area contributed by atoms with E-state index in [0.29, 0.717) is 30.5 Å². The van der Waals surface area contributed by atoms with Gasteiger partial charge < -0.3 is 15.3 Å². The lowest BCUT2D eigenvalue weighted by Gasteiger charge is -2.31. The molecular weight excluding hydrogens is 592 g/mol. The molecule has 1 aliphatic heterocycles. The molecule has 2 N–H and O–H groups in total. The van der Waals surface area contributed by atoms with E-state index in [4.69, 9.17) is 0 Å². The molecule has 1 aliphatic carbocycles. The second-order valence-corrected chi connectivity index (χ2v) is 12.4. The van der Waals surface area contributed by atoms with Crippen molar-refractivity contribution in [2.45, 2.75) is 69.1 Å². The number of aliphatic carboxylic acids is 1. The minimum absolute atomic E-state index is 0.0749. The number of hydrogen-bond acceptors (Lipinski definition) is 5. The number of hydrogen-bond donors (Lipinski definition) is 2. The summed E-state index contributed by atoms with van der Waals surface area (Å²) in [5.41, 5.74) is 3.08. The number of amides is 3. The normalized spacial score (nSPS) is 19.4. The monoisotopic (exact) mass is 630 g/mol. The summed E-state index contributed by atoms with van der Waals surface area (Å²) in [4.78, 5) is 60.8. The number of carboxylic acids is 1. The topological polar surface area (TPSA) is 120 Å². The maximum absolute atomic E-state index is 14.1. The summed E-state index contributed by atoms with van der Waals surface area (Å²) in [5.74, 6) is -1.82. The van der Waals surface area contributed by atoms with Crippen LogP contribution in [0.3, 0.4) is 0 Å². The Bertz CT molecular complexity index is 1720. The van der Waals surface area contributed by atoms with Gasteiger partial charge in [0, 0.05) is 37.8 Å². The SMILES string of the molecule is CC(=O)N1C(c2ccccc2)N(c2ccc(C[C@H](NC(=O)C3(c4ccccc4)CCCC3)C(=O)O)cc2)C(=O)[C@H]1Cc1cccnc1. The van der Waals surface area contributed by atoms with Crippen LogP contribution in [-0.4, -0.2) is 50.8 Å². The molecular formula is C38H38N4O5. The van der Waals surface area contributed by atoms with Gasteiger partial charge in [-0.15, -0.1) is 0 Å². The second kappa shape index (κ2) is 13.6. The zero-order valence-corrected chi connectivity index (χ0v) is 26.3. The first-order chi connectivity index (χ1) is 22.8. The molecule has 0 bridgehead atoms. The van der Waals surface area contributed by atoms with Crippen molar-refractivity contribution in [3.05, 3.63) is 132 Å². The fourth-order valence-electron chi connectivity index (χ4n) is 7.13. The van der Waals surface area contributed by atoms with Gasteiger partial charge in [0.1, 0.15) is 18.2 Å². The molecule has 1 unspecified atom stereocenters. The van der Waals surface area contributed by atoms with Crippen molar-refractivity contribution in [3.8, 4) is 0 Å². The molecule has 1 saturated heterocycles. The van der Waals surface area contributed by atoms with E-state index in [1.807, 2.05) is 66.7 Å². The first-order valence-corrected chi connectivity index (χ1v) is 16.0. The molecule has 2 heterocycles. The van der Waals surface area contributed by atoms with Crippen LogP contribution in [0.5, 0.6) is 0 Å². The average molecular weight is 631 g/mol. The predicted octanol–water partition coefficient (Wildman–Crippen LogP) is 5.21. The Balaban J connectivity index is 1.26. The molecule has 1 saturated carbocycles. The van der Waals surface area contributed by atoms with E-state index in [0.717, 1.165) is 29.5 Å². The molecule has 3 atom stereocenters. The highest BCUT2D eigenvalue weighted by molar-refractivity contribution is 6.03. The van der Waals surface area contributed by atoms with Crippen LogP contribution in [0, 0.1) is 0 Å². The van der Waals surface area contributed by atoms with Gasteiger partial charge in [0.2, 0.25) is 11.8 Å². The molecule has 1 aromatic heterocycles. The van der Waals surface area contributed by atoms with Crippen LogP contribution in [0.25, 0.3) is 0 Å². The van der Waals surface area contributed by atoms with Crippen molar-refractivity contribution in [1.82, 2.24) is 15.2 Å². The molecule has 9 nitrogen and oxygen atoms in total. The Morgan fingerprint density at radius 2 is 1.55 bits per heavy atom. The lowest BCUT2D eigenvalue weighted by Crippen LogP contribution is -2.50. The fourth-order valence-corrected chi connectivity index (χ4v) is 7.13. The summed E-state index contributed by atoms with van der Waals surface area (Å²) in [7, 11) is 0. The van der Waals surface area contributed by atoms with E-state index in [2.05, 4.69) is 10.3 Å². The zero-order valence-electron chi connectivity index (χ0n) is 26.3. The quantitative estimate of drug-likeness (QED) is 0.248. The molecule has 3 amide bonds. The predicted molar refractivity (Wildman–Crippen MR) is 177 cm³/mol. The number of nitrogens with zero attached hydrogens (tertiary/aromatic N) is 3. The van der Waals surface area contributed by atoms with Crippen molar-refractivity contribution in [1.29, 1.82) is 0 Å². The van der Waals surface area contributed by atoms with Gasteiger partial charge in [0.05, 0.1) is 5.41 Å². The van der Waals surface area contributed by atoms with E-state index in [9.17, 15) is 24.3 Å². The number of rotatable bonds is 10. The highest BCUT2D eigenvalue weighted by Gasteiger charge is 2.49. The standard InChI is InChI=1S/C38H38N4O5/c1-26(43)41-33(24-28-11-10-22-39-25-28)35(44)42(34(41)29-12-4-2-5-13-29)31-18-16-27(17-19-31)23-32(36(45)46)40-37(47)38(20-8-9-21-38)30-14-6-3-7-15-30/h2-7,10-19,22,25,32-34H,8-9,20-21,23-24H2,1H3,(H,40,47)(H,45,46)/t32-,33+,34?/m0/s1. The number of anilines is 1. The number of pyridine rings is 1. The van der Waals surface area contributed by atoms with Crippen LogP contribution in [0.15, 0.2) is 109 Å². The first-order valence-electron chi connectivity index (χ1n) is 16.0. The zero-order chi connectivity index (χ0) is 33.0. The van der Waals surface area contributed by atoms with E-state index in [-0.39, 0.29) is 24.1 Å². The maximum Gasteiger partial charge on any atom is 0.326 e. The van der Waals surface area contributed by atoms with Crippen LogP contribution in [-0.2, 0) is 37.4 Å². The van der Waals surface area contributed by atoms with E-state index >= 15 is 0 Å². The third kappa shape index (κ3) is 6.38. The highest BCUT2D eigenvalue weighted by atomic mass is 16.4. The molecule has 0 spiro atoms. The fraction of sp³-hybridized carbons (Fsp3) is 0.289. The summed E-state index contributed by atoms with van der Waals surface area (Å²) in [6.45, 7) is 1.47. The lowest BCUT2D eigenvalue weighted by molar-refractivity contribution is -0.142. The molecule has 2 fully saturated rings. The second-order valence-electron chi connectivity index (χ2n) is 12.4. The number of carboxylic acid groups (broad SMARTS) is 1. The third-order valence-corrected chi connectivity index (χ3v) is 9.46. The van der Waals surface area contributed by atoms with Crippen LogP contribution in [0.2, 0.25) is 0 Å². The third-order valence-electron chi connectivity index (χ3n) is 9.46. The van der Waals surface area contributed by atoms with Crippen molar-refractivity contribution < 1.29 is 24.3 Å². The maximum atomic E-state index is 14.1. The largest absolute Gasteiger partial charge is 0.480 e. The van der Waals surface area contributed by atoms with Gasteiger partial charge in [-0.2, -0.15) is 0 Å². The van der Waals surface area contributed by atoms with Gasteiger partial charge in [0.15, 0.2) is 0 Å². The lowest BCUT2D eigenvalue weighted by atomic mass is 9.77. The summed E-state index contributed by atoms with van der Waals surface area (Å²) < 4.78 is 0. The Labute approximate surface area is 274 Å². The molecule has 2 aliphatic rings. The molecule has 240 valence electrons.